The number of hydrogen-bond acceptors (Lipinski definition) is 14. The molecule has 3 aromatic heterocycles. The summed E-state index contributed by atoms with van der Waals surface area (Å²) in [5, 5.41) is 23.9. The summed E-state index contributed by atoms with van der Waals surface area (Å²) in [7, 11) is 0. The van der Waals surface area contributed by atoms with Crippen LogP contribution in [0, 0.1) is 36.5 Å². The molecule has 18 nitrogen and oxygen atoms in total. The van der Waals surface area contributed by atoms with E-state index in [1.54, 1.807) is 23.1 Å². The number of pyridine rings is 1. The number of thiazole rings is 1. The number of fused-ring (bicyclic) bond motifs is 2. The lowest BCUT2D eigenvalue weighted by atomic mass is 9.84. The minimum absolute atomic E-state index is 0.0720. The molecular weight excluding hydrogens is 1150 g/mol. The average molecular weight is 1220 g/mol. The van der Waals surface area contributed by atoms with Crippen molar-refractivity contribution >= 4 is 79.7 Å². The third-order valence-corrected chi connectivity index (χ3v) is 19.4. The van der Waals surface area contributed by atoms with E-state index in [2.05, 4.69) is 59.0 Å². The minimum atomic E-state index is -0.850. The molecular formula is C68H77N11O7S2. The standard InChI is InChI=1S/C68H77N11O7S2/c1-6-44-21-22-48(57(38-44)86-37-36-80)39-69-64(83)56-19-13-32-78(56)66(85)61(68(3,4)5)73-62(81)47-30-33-76(34-31-47)49-23-25-50(26-24-49)88-75-65(84)60-51(53-40-70-79(43(53)2)41-45-14-8-7-9-15-45)27-28-59(72-60)77-35-29-46-16-12-17-52(54(46)42-77)63(82)74-67-71-55-18-10-11-20-58(55)87-67/h1,10-12,16-18,20-28,38,40,45,47,56,61,80H,7-9,13-15,19,29-37,39,41-42H2,2-5H3,(H,69,83)(H,73,81)(H,75,84)(H,71,74,82). The van der Waals surface area contributed by atoms with Gasteiger partial charge in [0.05, 0.1) is 23.0 Å². The third-order valence-electron chi connectivity index (χ3n) is 17.6. The van der Waals surface area contributed by atoms with Crippen molar-refractivity contribution in [3.8, 4) is 29.2 Å². The highest BCUT2D eigenvalue weighted by molar-refractivity contribution is 7.98. The van der Waals surface area contributed by atoms with Crippen LogP contribution in [0.25, 0.3) is 21.3 Å². The Kier molecular flexibility index (Phi) is 19.1. The molecule has 1 saturated carbocycles. The van der Waals surface area contributed by atoms with Crippen molar-refractivity contribution in [2.24, 2.45) is 17.3 Å². The van der Waals surface area contributed by atoms with Crippen molar-refractivity contribution in [1.82, 2.24) is 40.0 Å². The maximum Gasteiger partial charge on any atom is 0.280 e. The van der Waals surface area contributed by atoms with E-state index >= 15 is 0 Å². The van der Waals surface area contributed by atoms with Crippen LogP contribution < -0.4 is 35.2 Å². The fraction of sp³-hybridized carbons (Fsp3) is 0.412. The summed E-state index contributed by atoms with van der Waals surface area (Å²) in [6, 6.07) is 29.3. The second kappa shape index (κ2) is 27.4. The Labute approximate surface area is 522 Å². The highest BCUT2D eigenvalue weighted by Crippen LogP contribution is 2.36. The van der Waals surface area contributed by atoms with E-state index in [1.165, 1.54) is 55.4 Å². The normalized spacial score (nSPS) is 16.8. The number of hydrogen-bond donors (Lipinski definition) is 5. The summed E-state index contributed by atoms with van der Waals surface area (Å²) >= 11 is 2.66. The predicted octanol–water partition coefficient (Wildman–Crippen LogP) is 10.1. The van der Waals surface area contributed by atoms with Gasteiger partial charge in [-0.15, -0.1) is 6.42 Å². The van der Waals surface area contributed by atoms with Gasteiger partial charge < -0.3 is 35.2 Å². The maximum absolute atomic E-state index is 14.7. The van der Waals surface area contributed by atoms with Gasteiger partial charge in [-0.05, 0) is 153 Å². The average Bonchev–Trinajstić information content (AvgIpc) is 4.20. The highest BCUT2D eigenvalue weighted by Gasteiger charge is 2.43. The summed E-state index contributed by atoms with van der Waals surface area (Å²) < 4.78 is 11.9. The van der Waals surface area contributed by atoms with Crippen LogP contribution in [-0.4, -0.2) is 111 Å². The molecule has 2 unspecified atom stereocenters. The molecule has 3 fully saturated rings. The number of rotatable bonds is 19. The summed E-state index contributed by atoms with van der Waals surface area (Å²) in [6.45, 7) is 11.4. The van der Waals surface area contributed by atoms with E-state index in [0.29, 0.717) is 110 Å². The first-order chi connectivity index (χ1) is 42.6. The summed E-state index contributed by atoms with van der Waals surface area (Å²) in [5.74, 6) is 2.61. The van der Waals surface area contributed by atoms with Gasteiger partial charge in [0.25, 0.3) is 11.8 Å². The number of nitrogens with one attached hydrogen (secondary N) is 4. The van der Waals surface area contributed by atoms with Gasteiger partial charge in [-0.3, -0.25) is 38.7 Å². The summed E-state index contributed by atoms with van der Waals surface area (Å²) in [4.78, 5) is 87.4. The van der Waals surface area contributed by atoms with Crippen molar-refractivity contribution in [2.45, 2.75) is 129 Å². The Morgan fingerprint density at radius 3 is 2.39 bits per heavy atom. The molecule has 6 heterocycles. The molecule has 458 valence electrons. The molecule has 2 saturated heterocycles. The number of piperidine rings is 1. The van der Waals surface area contributed by atoms with E-state index in [0.717, 1.165) is 49.7 Å². The zero-order valence-corrected chi connectivity index (χ0v) is 52.1. The molecule has 11 rings (SSSR count). The molecule has 5 amide bonds. The Morgan fingerprint density at radius 1 is 0.830 bits per heavy atom. The Balaban J connectivity index is 0.724. The van der Waals surface area contributed by atoms with Gasteiger partial charge in [0, 0.05) is 95.8 Å². The molecule has 5 N–H and O–H groups in total. The van der Waals surface area contributed by atoms with Gasteiger partial charge >= 0.3 is 0 Å². The van der Waals surface area contributed by atoms with E-state index in [9.17, 15) is 29.1 Å². The van der Waals surface area contributed by atoms with E-state index in [-0.39, 0.29) is 60.9 Å². The number of likely N-dealkylation sites (tertiary alicyclic amines) is 1. The number of amides is 5. The van der Waals surface area contributed by atoms with Crippen molar-refractivity contribution in [3.63, 3.8) is 0 Å². The van der Waals surface area contributed by atoms with Crippen LogP contribution in [0.3, 0.4) is 0 Å². The zero-order valence-electron chi connectivity index (χ0n) is 50.5. The lowest BCUT2D eigenvalue weighted by molar-refractivity contribution is -0.144. The van der Waals surface area contributed by atoms with Crippen LogP contribution >= 0.6 is 23.3 Å². The van der Waals surface area contributed by atoms with Crippen LogP contribution in [0.4, 0.5) is 16.6 Å². The number of aliphatic hydroxyl groups is 1. The Bertz CT molecular complexity index is 3710. The lowest BCUT2D eigenvalue weighted by Crippen LogP contribution is -2.58. The van der Waals surface area contributed by atoms with Crippen LogP contribution in [0.5, 0.6) is 5.75 Å². The van der Waals surface area contributed by atoms with Gasteiger partial charge in [0.15, 0.2) is 5.13 Å². The van der Waals surface area contributed by atoms with E-state index in [4.69, 9.17) is 21.2 Å². The van der Waals surface area contributed by atoms with Gasteiger partial charge in [-0.2, -0.15) is 5.10 Å². The number of carbonyl (C=O) groups excluding carboxylic acids is 5. The third kappa shape index (κ3) is 14.0. The number of benzene rings is 4. The molecule has 7 aromatic rings. The number of carbonyl (C=O) groups is 5. The number of ether oxygens (including phenoxy) is 1. The molecule has 0 radical (unpaired) electrons. The number of aliphatic hydroxyl groups excluding tert-OH is 1. The molecule has 0 spiro atoms. The fourth-order valence-corrected chi connectivity index (χ4v) is 14.1. The van der Waals surface area contributed by atoms with Crippen LogP contribution in [-0.2, 0) is 40.4 Å². The first-order valence-corrected chi connectivity index (χ1v) is 32.4. The Morgan fingerprint density at radius 2 is 1.62 bits per heavy atom. The number of para-hydroxylation sites is 1. The minimum Gasteiger partial charge on any atom is -0.491 e. The summed E-state index contributed by atoms with van der Waals surface area (Å²) in [5.41, 5.74) is 7.89. The number of aromatic nitrogens is 4. The van der Waals surface area contributed by atoms with Crippen molar-refractivity contribution < 1.29 is 33.8 Å². The maximum atomic E-state index is 14.7. The van der Waals surface area contributed by atoms with Gasteiger partial charge in [-0.1, -0.05) is 87.6 Å². The molecule has 4 aliphatic rings. The quantitative estimate of drug-likeness (QED) is 0.0377. The molecule has 0 bridgehead atoms. The molecule has 1 aliphatic carbocycles. The van der Waals surface area contributed by atoms with Crippen molar-refractivity contribution in [2.75, 3.05) is 54.5 Å². The molecule has 20 heteroatoms. The number of terminal acetylenes is 1. The van der Waals surface area contributed by atoms with Crippen LogP contribution in [0.15, 0.2) is 108 Å². The van der Waals surface area contributed by atoms with Gasteiger partial charge in [0.2, 0.25) is 17.7 Å². The monoisotopic (exact) mass is 1220 g/mol. The highest BCUT2D eigenvalue weighted by atomic mass is 32.2. The summed E-state index contributed by atoms with van der Waals surface area (Å²) in [6.07, 6.45) is 16.6. The molecule has 3 aliphatic heterocycles. The van der Waals surface area contributed by atoms with Crippen LogP contribution in [0.1, 0.15) is 127 Å². The fourth-order valence-electron chi connectivity index (χ4n) is 12.6. The van der Waals surface area contributed by atoms with E-state index < -0.39 is 17.5 Å². The van der Waals surface area contributed by atoms with Gasteiger partial charge in [0.1, 0.15) is 36.0 Å². The van der Waals surface area contributed by atoms with Crippen molar-refractivity contribution in [3.05, 3.63) is 142 Å². The number of anilines is 3. The van der Waals surface area contributed by atoms with E-state index in [1.807, 2.05) is 99.8 Å². The molecule has 4 aromatic carbocycles. The topological polar surface area (TPSA) is 216 Å². The predicted molar refractivity (Wildman–Crippen MR) is 345 cm³/mol. The smallest absolute Gasteiger partial charge is 0.280 e. The molecule has 2 atom stereocenters. The first-order valence-electron chi connectivity index (χ1n) is 30.7. The van der Waals surface area contributed by atoms with Crippen molar-refractivity contribution in [1.29, 1.82) is 0 Å². The van der Waals surface area contributed by atoms with Crippen LogP contribution in [0.2, 0.25) is 0 Å². The van der Waals surface area contributed by atoms with Gasteiger partial charge in [-0.25, -0.2) is 9.97 Å². The first kappa shape index (κ1) is 61.4. The number of nitrogens with zero attached hydrogens (tertiary/aromatic N) is 7. The largest absolute Gasteiger partial charge is 0.491 e. The SMILES string of the molecule is C#Cc1ccc(CNC(=O)C2CCCN2C(=O)C(NC(=O)C2CCN(c3ccc(SNC(=O)c4nc(N5CCc6cccc(C(=O)Nc7nc8ccccc8s7)c6C5)ccc4-c4cnn(CC5CCCCC5)c4C)cc3)CC2)C(C)(C)C)c(OCCO)c1. The molecule has 88 heavy (non-hydrogen) atoms. The second-order valence-electron chi connectivity index (χ2n) is 24.5. The lowest BCUT2D eigenvalue weighted by Gasteiger charge is -2.37. The zero-order chi connectivity index (χ0) is 61.5. The Hall–Kier alpha value is -8.25. The second-order valence-corrected chi connectivity index (χ2v) is 26.4.